The number of hydrogen-bond acceptors (Lipinski definition) is 3. The van der Waals surface area contributed by atoms with Gasteiger partial charge in [0.1, 0.15) is 5.69 Å². The summed E-state index contributed by atoms with van der Waals surface area (Å²) in [6.07, 6.45) is 2.81. The Hall–Kier alpha value is -1.36. The van der Waals surface area contributed by atoms with Gasteiger partial charge in [-0.3, -0.25) is 9.48 Å². The van der Waals surface area contributed by atoms with Gasteiger partial charge in [-0.2, -0.15) is 5.10 Å². The first kappa shape index (κ1) is 11.1. The average Bonchev–Trinajstić information content (AvgIpc) is 2.65. The van der Waals surface area contributed by atoms with Crippen LogP contribution in [0.3, 0.4) is 0 Å². The summed E-state index contributed by atoms with van der Waals surface area (Å²) >= 11 is 0. The molecule has 1 saturated heterocycles. The van der Waals surface area contributed by atoms with Crippen molar-refractivity contribution in [3.63, 3.8) is 0 Å². The van der Waals surface area contributed by atoms with Crippen molar-refractivity contribution in [2.24, 2.45) is 13.0 Å². The number of carbonyl (C=O) groups is 1. The number of nitrogens with zero attached hydrogens (tertiary/aromatic N) is 2. The van der Waals surface area contributed by atoms with Gasteiger partial charge < -0.3 is 10.6 Å². The van der Waals surface area contributed by atoms with E-state index in [4.69, 9.17) is 0 Å². The molecule has 1 aliphatic rings. The van der Waals surface area contributed by atoms with Gasteiger partial charge in [0.2, 0.25) is 0 Å². The third-order valence-electron chi connectivity index (χ3n) is 2.85. The highest BCUT2D eigenvalue weighted by atomic mass is 16.2. The molecule has 2 rings (SSSR count). The number of aromatic nitrogens is 2. The second-order valence-corrected chi connectivity index (χ2v) is 4.54. The van der Waals surface area contributed by atoms with Crippen LogP contribution < -0.4 is 10.6 Å². The van der Waals surface area contributed by atoms with E-state index in [2.05, 4.69) is 22.7 Å². The molecular weight excluding hydrogens is 204 g/mol. The summed E-state index contributed by atoms with van der Waals surface area (Å²) in [5.74, 6) is 0.532. The van der Waals surface area contributed by atoms with E-state index in [1.807, 2.05) is 0 Å². The summed E-state index contributed by atoms with van der Waals surface area (Å²) in [7, 11) is 1.81. The average molecular weight is 222 g/mol. The fourth-order valence-corrected chi connectivity index (χ4v) is 2.06. The van der Waals surface area contributed by atoms with Crippen LogP contribution in [0.25, 0.3) is 0 Å². The Morgan fingerprint density at radius 2 is 2.44 bits per heavy atom. The van der Waals surface area contributed by atoms with E-state index < -0.39 is 0 Å². The van der Waals surface area contributed by atoms with E-state index in [1.165, 1.54) is 0 Å². The molecule has 0 spiro atoms. The van der Waals surface area contributed by atoms with Crippen LogP contribution in [0.15, 0.2) is 12.3 Å². The quantitative estimate of drug-likeness (QED) is 0.748. The summed E-state index contributed by atoms with van der Waals surface area (Å²) in [5.41, 5.74) is 0.487. The lowest BCUT2D eigenvalue weighted by Gasteiger charge is -2.28. The van der Waals surface area contributed by atoms with E-state index in [1.54, 1.807) is 24.0 Å². The maximum atomic E-state index is 11.8. The molecule has 2 unspecified atom stereocenters. The molecular formula is C11H18N4O. The van der Waals surface area contributed by atoms with Gasteiger partial charge in [0, 0.05) is 25.8 Å². The maximum Gasteiger partial charge on any atom is 0.272 e. The topological polar surface area (TPSA) is 58.9 Å². The number of aryl methyl sites for hydroxylation is 1. The third-order valence-corrected chi connectivity index (χ3v) is 2.85. The van der Waals surface area contributed by atoms with Crippen LogP contribution in [0.5, 0.6) is 0 Å². The Balaban J connectivity index is 1.92. The minimum absolute atomic E-state index is 0.0819. The van der Waals surface area contributed by atoms with Crippen LogP contribution in [0, 0.1) is 5.92 Å². The minimum Gasteiger partial charge on any atom is -0.347 e. The van der Waals surface area contributed by atoms with Gasteiger partial charge in [-0.1, -0.05) is 6.92 Å². The van der Waals surface area contributed by atoms with Gasteiger partial charge in [0.05, 0.1) is 0 Å². The Labute approximate surface area is 95.2 Å². The molecule has 1 amide bonds. The molecule has 1 aromatic rings. The number of piperidine rings is 1. The van der Waals surface area contributed by atoms with Crippen molar-refractivity contribution in [3.05, 3.63) is 18.0 Å². The molecule has 0 saturated carbocycles. The molecule has 0 radical (unpaired) electrons. The fraction of sp³-hybridized carbons (Fsp3) is 0.636. The van der Waals surface area contributed by atoms with E-state index in [0.717, 1.165) is 19.5 Å². The molecule has 5 nitrogen and oxygen atoms in total. The van der Waals surface area contributed by atoms with E-state index >= 15 is 0 Å². The molecule has 1 fully saturated rings. The molecule has 5 heteroatoms. The van der Waals surface area contributed by atoms with Crippen LogP contribution in [0.4, 0.5) is 0 Å². The normalized spacial score (nSPS) is 25.4. The molecule has 0 aliphatic carbocycles. The van der Waals surface area contributed by atoms with Crippen LogP contribution in [-0.2, 0) is 7.05 Å². The number of nitrogens with one attached hydrogen (secondary N) is 2. The van der Waals surface area contributed by atoms with Gasteiger partial charge in [0.25, 0.3) is 5.91 Å². The molecule has 0 aromatic carbocycles. The van der Waals surface area contributed by atoms with Gasteiger partial charge >= 0.3 is 0 Å². The lowest BCUT2D eigenvalue weighted by atomic mass is 9.98. The van der Waals surface area contributed by atoms with E-state index in [0.29, 0.717) is 11.6 Å². The van der Waals surface area contributed by atoms with Gasteiger partial charge in [0.15, 0.2) is 0 Å². The summed E-state index contributed by atoms with van der Waals surface area (Å²) in [4.78, 5) is 11.8. The first-order valence-electron chi connectivity index (χ1n) is 5.66. The Kier molecular flexibility index (Phi) is 3.24. The van der Waals surface area contributed by atoms with Crippen LogP contribution >= 0.6 is 0 Å². The van der Waals surface area contributed by atoms with Crippen molar-refractivity contribution in [2.45, 2.75) is 19.4 Å². The molecule has 2 atom stereocenters. The standard InChI is InChI=1S/C11H18N4O/c1-8-5-9(7-12-6-8)13-11(16)10-3-4-15(2)14-10/h3-4,8-9,12H,5-7H2,1-2H3,(H,13,16). The zero-order valence-electron chi connectivity index (χ0n) is 9.73. The second kappa shape index (κ2) is 4.65. The first-order chi connectivity index (χ1) is 7.65. The van der Waals surface area contributed by atoms with Crippen molar-refractivity contribution in [2.75, 3.05) is 13.1 Å². The van der Waals surface area contributed by atoms with Crippen molar-refractivity contribution in [1.82, 2.24) is 20.4 Å². The van der Waals surface area contributed by atoms with Crippen molar-refractivity contribution < 1.29 is 4.79 Å². The monoisotopic (exact) mass is 222 g/mol. The Morgan fingerprint density at radius 3 is 3.06 bits per heavy atom. The largest absolute Gasteiger partial charge is 0.347 e. The van der Waals surface area contributed by atoms with Gasteiger partial charge in [-0.25, -0.2) is 0 Å². The third kappa shape index (κ3) is 2.61. The Morgan fingerprint density at radius 1 is 1.62 bits per heavy atom. The maximum absolute atomic E-state index is 11.8. The number of amides is 1. The van der Waals surface area contributed by atoms with Crippen molar-refractivity contribution in [1.29, 1.82) is 0 Å². The lowest BCUT2D eigenvalue weighted by Crippen LogP contribution is -2.48. The SMILES string of the molecule is CC1CNCC(NC(=O)c2ccn(C)n2)C1. The number of carbonyl (C=O) groups excluding carboxylic acids is 1. The highest BCUT2D eigenvalue weighted by Gasteiger charge is 2.21. The van der Waals surface area contributed by atoms with E-state index in [-0.39, 0.29) is 11.9 Å². The van der Waals surface area contributed by atoms with Crippen LogP contribution in [-0.4, -0.2) is 34.8 Å². The molecule has 1 aromatic heterocycles. The van der Waals surface area contributed by atoms with Crippen molar-refractivity contribution >= 4 is 5.91 Å². The fourth-order valence-electron chi connectivity index (χ4n) is 2.06. The lowest BCUT2D eigenvalue weighted by molar-refractivity contribution is 0.0919. The summed E-state index contributed by atoms with van der Waals surface area (Å²) < 4.78 is 1.64. The molecule has 0 bridgehead atoms. The highest BCUT2D eigenvalue weighted by Crippen LogP contribution is 2.09. The minimum atomic E-state index is -0.0819. The number of rotatable bonds is 2. The summed E-state index contributed by atoms with van der Waals surface area (Å²) in [6.45, 7) is 4.07. The first-order valence-corrected chi connectivity index (χ1v) is 5.66. The van der Waals surface area contributed by atoms with Gasteiger partial charge in [-0.05, 0) is 24.9 Å². The van der Waals surface area contributed by atoms with E-state index in [9.17, 15) is 4.79 Å². The molecule has 1 aliphatic heterocycles. The molecule has 88 valence electrons. The number of hydrogen-bond donors (Lipinski definition) is 2. The Bertz CT molecular complexity index is 374. The van der Waals surface area contributed by atoms with Gasteiger partial charge in [-0.15, -0.1) is 0 Å². The molecule has 16 heavy (non-hydrogen) atoms. The van der Waals surface area contributed by atoms with Crippen LogP contribution in [0.1, 0.15) is 23.8 Å². The highest BCUT2D eigenvalue weighted by molar-refractivity contribution is 5.92. The predicted molar refractivity (Wildman–Crippen MR) is 61.1 cm³/mol. The molecule has 2 N–H and O–H groups in total. The summed E-state index contributed by atoms with van der Waals surface area (Å²) in [6, 6.07) is 1.95. The summed E-state index contributed by atoms with van der Waals surface area (Å²) in [5, 5.41) is 10.4. The van der Waals surface area contributed by atoms with Crippen LogP contribution in [0.2, 0.25) is 0 Å². The molecule has 2 heterocycles. The smallest absolute Gasteiger partial charge is 0.272 e. The predicted octanol–water partition coefficient (Wildman–Crippen LogP) is 0.148. The zero-order chi connectivity index (χ0) is 11.5. The second-order valence-electron chi connectivity index (χ2n) is 4.54. The van der Waals surface area contributed by atoms with Crippen molar-refractivity contribution in [3.8, 4) is 0 Å². The zero-order valence-corrected chi connectivity index (χ0v) is 9.73.